The zero-order chi connectivity index (χ0) is 19.6. The first-order valence-electron chi connectivity index (χ1n) is 8.76. The molecule has 2 aromatic rings. The number of amides is 1. The third-order valence-electron chi connectivity index (χ3n) is 4.62. The van der Waals surface area contributed by atoms with Crippen LogP contribution in [0.25, 0.3) is 0 Å². The average Bonchev–Trinajstić information content (AvgIpc) is 2.60. The van der Waals surface area contributed by atoms with Crippen molar-refractivity contribution in [3.63, 3.8) is 0 Å². The fourth-order valence-corrected chi connectivity index (χ4v) is 3.34. The maximum atomic E-state index is 12.8. The van der Waals surface area contributed by atoms with Gasteiger partial charge in [-0.15, -0.1) is 0 Å². The molecule has 1 aromatic heterocycles. The molecule has 0 unspecified atom stereocenters. The molecule has 0 spiro atoms. The van der Waals surface area contributed by atoms with E-state index < -0.39 is 11.9 Å². The van der Waals surface area contributed by atoms with E-state index in [1.807, 2.05) is 32.0 Å². The molecule has 0 saturated carbocycles. The quantitative estimate of drug-likeness (QED) is 0.878. The van der Waals surface area contributed by atoms with Gasteiger partial charge in [0.1, 0.15) is 17.8 Å². The molecule has 27 heavy (non-hydrogen) atoms. The van der Waals surface area contributed by atoms with Gasteiger partial charge < -0.3 is 10.2 Å². The molecule has 1 saturated heterocycles. The molecule has 8 heteroatoms. The number of hydrogen-bond donors (Lipinski definition) is 1. The number of nitrogens with one attached hydrogen (secondary N) is 1. The third kappa shape index (κ3) is 4.75. The van der Waals surface area contributed by atoms with E-state index in [1.165, 1.54) is 0 Å². The van der Waals surface area contributed by atoms with Crippen LogP contribution >= 0.6 is 0 Å². The SMILES string of the molecule is Cc1cc(C)cc(NC(=O)C2CCN(c3cc(C(F)(F)F)ncn3)CC2)c1. The van der Waals surface area contributed by atoms with E-state index in [2.05, 4.69) is 15.3 Å². The highest BCUT2D eigenvalue weighted by atomic mass is 19.4. The lowest BCUT2D eigenvalue weighted by molar-refractivity contribution is -0.141. The Balaban J connectivity index is 1.61. The van der Waals surface area contributed by atoms with Gasteiger partial charge in [-0.25, -0.2) is 9.97 Å². The Morgan fingerprint density at radius 3 is 2.30 bits per heavy atom. The summed E-state index contributed by atoms with van der Waals surface area (Å²) < 4.78 is 38.4. The van der Waals surface area contributed by atoms with E-state index in [0.29, 0.717) is 25.9 Å². The first-order chi connectivity index (χ1) is 12.7. The molecule has 1 aliphatic heterocycles. The minimum atomic E-state index is -4.50. The van der Waals surface area contributed by atoms with E-state index >= 15 is 0 Å². The second-order valence-electron chi connectivity index (χ2n) is 6.89. The van der Waals surface area contributed by atoms with Gasteiger partial charge in [-0.2, -0.15) is 13.2 Å². The number of halogens is 3. The van der Waals surface area contributed by atoms with Crippen LogP contribution in [-0.2, 0) is 11.0 Å². The molecule has 0 bridgehead atoms. The van der Waals surface area contributed by atoms with Crippen molar-refractivity contribution in [1.82, 2.24) is 9.97 Å². The number of alkyl halides is 3. The normalized spacial score (nSPS) is 15.7. The second kappa shape index (κ2) is 7.54. The fraction of sp³-hybridized carbons (Fsp3) is 0.421. The maximum absolute atomic E-state index is 12.8. The first-order valence-corrected chi connectivity index (χ1v) is 8.76. The summed E-state index contributed by atoms with van der Waals surface area (Å²) in [6.07, 6.45) is -2.46. The molecule has 2 heterocycles. The summed E-state index contributed by atoms with van der Waals surface area (Å²) in [5, 5.41) is 2.95. The predicted molar refractivity (Wildman–Crippen MR) is 96.5 cm³/mol. The Hall–Kier alpha value is -2.64. The summed E-state index contributed by atoms with van der Waals surface area (Å²) in [6, 6.07) is 6.82. The number of aromatic nitrogens is 2. The average molecular weight is 378 g/mol. The monoisotopic (exact) mass is 378 g/mol. The maximum Gasteiger partial charge on any atom is 0.433 e. The van der Waals surface area contributed by atoms with Crippen LogP contribution in [0.3, 0.4) is 0 Å². The van der Waals surface area contributed by atoms with E-state index in [1.54, 1.807) is 4.90 Å². The molecular weight excluding hydrogens is 357 g/mol. The number of aryl methyl sites for hydroxylation is 2. The Morgan fingerprint density at radius 2 is 1.70 bits per heavy atom. The molecule has 0 atom stereocenters. The summed E-state index contributed by atoms with van der Waals surface area (Å²) in [5.41, 5.74) is 1.96. The molecule has 0 radical (unpaired) electrons. The van der Waals surface area contributed by atoms with Crippen molar-refractivity contribution in [3.8, 4) is 0 Å². The standard InChI is InChI=1S/C19H21F3N4O/c1-12-7-13(2)9-15(8-12)25-18(27)14-3-5-26(6-4-14)17-10-16(19(20,21)22)23-11-24-17/h7-11,14H,3-6H2,1-2H3,(H,25,27). The van der Waals surface area contributed by atoms with Crippen molar-refractivity contribution < 1.29 is 18.0 Å². The van der Waals surface area contributed by atoms with Gasteiger partial charge in [0, 0.05) is 30.8 Å². The molecule has 5 nitrogen and oxygen atoms in total. The van der Waals surface area contributed by atoms with E-state index in [4.69, 9.17) is 0 Å². The number of carbonyl (C=O) groups excluding carboxylic acids is 1. The van der Waals surface area contributed by atoms with Crippen molar-refractivity contribution >= 4 is 17.4 Å². The molecule has 1 aromatic carbocycles. The number of benzene rings is 1. The molecular formula is C19H21F3N4O. The van der Waals surface area contributed by atoms with E-state index in [0.717, 1.165) is 29.2 Å². The van der Waals surface area contributed by atoms with Crippen LogP contribution in [0.2, 0.25) is 0 Å². The third-order valence-corrected chi connectivity index (χ3v) is 4.62. The number of nitrogens with zero attached hydrogens (tertiary/aromatic N) is 3. The Kier molecular flexibility index (Phi) is 5.34. The summed E-state index contributed by atoms with van der Waals surface area (Å²) in [4.78, 5) is 21.5. The highest BCUT2D eigenvalue weighted by Crippen LogP contribution is 2.30. The van der Waals surface area contributed by atoms with Gasteiger partial charge in [0.15, 0.2) is 0 Å². The smallest absolute Gasteiger partial charge is 0.356 e. The number of anilines is 2. The summed E-state index contributed by atoms with van der Waals surface area (Å²) in [7, 11) is 0. The number of piperidine rings is 1. The van der Waals surface area contributed by atoms with Crippen LogP contribution in [0.4, 0.5) is 24.7 Å². The lowest BCUT2D eigenvalue weighted by Gasteiger charge is -2.32. The number of carbonyl (C=O) groups is 1. The van der Waals surface area contributed by atoms with Crippen LogP contribution < -0.4 is 10.2 Å². The molecule has 1 aliphatic rings. The Labute approximate surface area is 155 Å². The predicted octanol–water partition coefficient (Wildman–Crippen LogP) is 3.97. The number of hydrogen-bond acceptors (Lipinski definition) is 4. The van der Waals surface area contributed by atoms with Crippen LogP contribution in [0, 0.1) is 19.8 Å². The van der Waals surface area contributed by atoms with Crippen molar-refractivity contribution in [2.24, 2.45) is 5.92 Å². The van der Waals surface area contributed by atoms with E-state index in [9.17, 15) is 18.0 Å². The topological polar surface area (TPSA) is 58.1 Å². The van der Waals surface area contributed by atoms with Gasteiger partial charge in [-0.3, -0.25) is 4.79 Å². The van der Waals surface area contributed by atoms with Crippen molar-refractivity contribution in [2.45, 2.75) is 32.9 Å². The molecule has 0 aliphatic carbocycles. The number of rotatable bonds is 3. The zero-order valence-electron chi connectivity index (χ0n) is 15.2. The minimum absolute atomic E-state index is 0.0571. The van der Waals surface area contributed by atoms with Crippen molar-refractivity contribution in [1.29, 1.82) is 0 Å². The second-order valence-corrected chi connectivity index (χ2v) is 6.89. The van der Waals surface area contributed by atoms with Crippen LogP contribution in [0.1, 0.15) is 29.7 Å². The van der Waals surface area contributed by atoms with Gasteiger partial charge in [0.05, 0.1) is 0 Å². The Morgan fingerprint density at radius 1 is 1.07 bits per heavy atom. The zero-order valence-corrected chi connectivity index (χ0v) is 15.2. The van der Waals surface area contributed by atoms with Crippen LogP contribution in [0.15, 0.2) is 30.6 Å². The van der Waals surface area contributed by atoms with Crippen molar-refractivity contribution in [3.05, 3.63) is 47.4 Å². The van der Waals surface area contributed by atoms with Gasteiger partial charge in [-0.1, -0.05) is 6.07 Å². The Bertz CT molecular complexity index is 810. The molecule has 3 rings (SSSR count). The first kappa shape index (κ1) is 19.1. The minimum Gasteiger partial charge on any atom is -0.356 e. The van der Waals surface area contributed by atoms with Crippen LogP contribution in [-0.4, -0.2) is 29.0 Å². The summed E-state index contributed by atoms with van der Waals surface area (Å²) in [5.74, 6) is 0.00908. The highest BCUT2D eigenvalue weighted by Gasteiger charge is 2.34. The van der Waals surface area contributed by atoms with Crippen LogP contribution in [0.5, 0.6) is 0 Å². The fourth-order valence-electron chi connectivity index (χ4n) is 3.34. The molecule has 1 N–H and O–H groups in total. The van der Waals surface area contributed by atoms with Gasteiger partial charge in [0.25, 0.3) is 0 Å². The van der Waals surface area contributed by atoms with E-state index in [-0.39, 0.29) is 17.6 Å². The largest absolute Gasteiger partial charge is 0.433 e. The van der Waals surface area contributed by atoms with Crippen molar-refractivity contribution in [2.75, 3.05) is 23.3 Å². The van der Waals surface area contributed by atoms with Gasteiger partial charge in [-0.05, 0) is 49.9 Å². The highest BCUT2D eigenvalue weighted by molar-refractivity contribution is 5.92. The molecule has 144 valence electrons. The lowest BCUT2D eigenvalue weighted by Crippen LogP contribution is -2.38. The lowest BCUT2D eigenvalue weighted by atomic mass is 9.95. The summed E-state index contributed by atoms with van der Waals surface area (Å²) >= 11 is 0. The summed E-state index contributed by atoms with van der Waals surface area (Å²) in [6.45, 7) is 4.88. The molecule has 1 fully saturated rings. The van der Waals surface area contributed by atoms with Gasteiger partial charge >= 0.3 is 6.18 Å². The molecule has 1 amide bonds. The van der Waals surface area contributed by atoms with Gasteiger partial charge in [0.2, 0.25) is 5.91 Å².